The lowest BCUT2D eigenvalue weighted by Crippen LogP contribution is -2.60. The van der Waals surface area contributed by atoms with Gasteiger partial charge in [-0.05, 0) is 80.1 Å². The highest BCUT2D eigenvalue weighted by atomic mass is 16.5. The molecule has 0 unspecified atom stereocenters. The zero-order valence-electron chi connectivity index (χ0n) is 18.4. The third kappa shape index (κ3) is 4.65. The van der Waals surface area contributed by atoms with Crippen molar-refractivity contribution in [2.45, 2.75) is 44.1 Å². The SMILES string of the molecule is COc1cc(/C=C/C(=O)OCC(=O)NC23CC4CC(CC(C4)C2)C3)cc(OC)c1OC. The molecular formula is C24H31NO6. The Morgan fingerprint density at radius 2 is 1.52 bits per heavy atom. The highest BCUT2D eigenvalue weighted by Crippen LogP contribution is 2.55. The van der Waals surface area contributed by atoms with Gasteiger partial charge in [0.25, 0.3) is 5.91 Å². The first kappa shape index (κ1) is 21.5. The zero-order valence-corrected chi connectivity index (χ0v) is 18.4. The Hall–Kier alpha value is -2.70. The molecule has 0 saturated heterocycles. The first-order valence-corrected chi connectivity index (χ1v) is 10.9. The summed E-state index contributed by atoms with van der Waals surface area (Å²) in [4.78, 5) is 24.6. The van der Waals surface area contributed by atoms with Crippen molar-refractivity contribution in [2.24, 2.45) is 17.8 Å². The van der Waals surface area contributed by atoms with Gasteiger partial charge in [-0.25, -0.2) is 4.79 Å². The predicted octanol–water partition coefficient (Wildman–Crippen LogP) is 3.35. The average molecular weight is 430 g/mol. The number of rotatable bonds is 8. The van der Waals surface area contributed by atoms with Gasteiger partial charge in [-0.3, -0.25) is 4.79 Å². The summed E-state index contributed by atoms with van der Waals surface area (Å²) < 4.78 is 21.1. The van der Waals surface area contributed by atoms with Gasteiger partial charge in [0.1, 0.15) is 0 Å². The van der Waals surface area contributed by atoms with Gasteiger partial charge in [-0.15, -0.1) is 0 Å². The molecule has 1 N–H and O–H groups in total. The number of amides is 1. The van der Waals surface area contributed by atoms with E-state index in [2.05, 4.69) is 5.32 Å². The molecule has 7 heteroatoms. The van der Waals surface area contributed by atoms with Gasteiger partial charge in [0, 0.05) is 11.6 Å². The second-order valence-corrected chi connectivity index (χ2v) is 9.15. The summed E-state index contributed by atoms with van der Waals surface area (Å²) in [5.74, 6) is 2.91. The Kier molecular flexibility index (Phi) is 6.12. The Morgan fingerprint density at radius 3 is 2.00 bits per heavy atom. The Bertz CT molecular complexity index is 817. The summed E-state index contributed by atoms with van der Waals surface area (Å²) in [6.45, 7) is -0.264. The lowest BCUT2D eigenvalue weighted by molar-refractivity contribution is -0.145. The van der Waals surface area contributed by atoms with E-state index < -0.39 is 5.97 Å². The summed E-state index contributed by atoms with van der Waals surface area (Å²) in [6.07, 6.45) is 10.0. The van der Waals surface area contributed by atoms with Gasteiger partial charge < -0.3 is 24.3 Å². The van der Waals surface area contributed by atoms with Gasteiger partial charge in [0.15, 0.2) is 18.1 Å². The number of carbonyl (C=O) groups is 2. The number of hydrogen-bond donors (Lipinski definition) is 1. The Labute approximate surface area is 183 Å². The first-order chi connectivity index (χ1) is 14.9. The summed E-state index contributed by atoms with van der Waals surface area (Å²) in [5, 5.41) is 3.21. The lowest BCUT2D eigenvalue weighted by Gasteiger charge is -2.56. The van der Waals surface area contributed by atoms with Gasteiger partial charge in [-0.1, -0.05) is 0 Å². The normalized spacial score (nSPS) is 28.4. The van der Waals surface area contributed by atoms with Crippen molar-refractivity contribution in [2.75, 3.05) is 27.9 Å². The lowest BCUT2D eigenvalue weighted by atomic mass is 9.53. The summed E-state index contributed by atoms with van der Waals surface area (Å²) in [6, 6.07) is 3.45. The van der Waals surface area contributed by atoms with Crippen LogP contribution in [0.3, 0.4) is 0 Å². The summed E-state index contributed by atoms with van der Waals surface area (Å²) >= 11 is 0. The van der Waals surface area contributed by atoms with E-state index in [9.17, 15) is 9.59 Å². The van der Waals surface area contributed by atoms with Gasteiger partial charge >= 0.3 is 5.97 Å². The number of esters is 1. The topological polar surface area (TPSA) is 83.1 Å². The van der Waals surface area contributed by atoms with Crippen LogP contribution < -0.4 is 19.5 Å². The maximum Gasteiger partial charge on any atom is 0.331 e. The van der Waals surface area contributed by atoms with E-state index in [1.807, 2.05) is 0 Å². The highest BCUT2D eigenvalue weighted by molar-refractivity contribution is 5.89. The van der Waals surface area contributed by atoms with E-state index in [0.717, 1.165) is 37.0 Å². The predicted molar refractivity (Wildman–Crippen MR) is 115 cm³/mol. The van der Waals surface area contributed by atoms with Crippen molar-refractivity contribution in [1.29, 1.82) is 0 Å². The van der Waals surface area contributed by atoms with Crippen LogP contribution in [0.5, 0.6) is 17.2 Å². The summed E-state index contributed by atoms with van der Waals surface area (Å²) in [7, 11) is 4.59. The van der Waals surface area contributed by atoms with Crippen LogP contribution in [0.2, 0.25) is 0 Å². The van der Waals surface area contributed by atoms with E-state index in [1.54, 1.807) is 18.2 Å². The standard InChI is InChI=1S/C24H31NO6/c1-28-19-9-15(10-20(29-2)23(19)30-3)4-5-22(27)31-14-21(26)25-24-11-16-6-17(12-24)8-18(7-16)13-24/h4-5,9-10,16-18H,6-8,11-14H2,1-3H3,(H,25,26)/b5-4+. The molecule has 0 spiro atoms. The largest absolute Gasteiger partial charge is 0.493 e. The second-order valence-electron chi connectivity index (χ2n) is 9.15. The quantitative estimate of drug-likeness (QED) is 0.504. The van der Waals surface area contributed by atoms with Gasteiger partial charge in [-0.2, -0.15) is 0 Å². The van der Waals surface area contributed by atoms with Gasteiger partial charge in [0.2, 0.25) is 5.75 Å². The van der Waals surface area contributed by atoms with E-state index in [-0.39, 0.29) is 18.1 Å². The van der Waals surface area contributed by atoms with Gasteiger partial charge in [0.05, 0.1) is 21.3 Å². The van der Waals surface area contributed by atoms with E-state index >= 15 is 0 Å². The molecule has 5 rings (SSSR count). The maximum atomic E-state index is 12.5. The van der Waals surface area contributed by atoms with Crippen LogP contribution in [0, 0.1) is 17.8 Å². The fourth-order valence-corrected chi connectivity index (χ4v) is 6.14. The molecule has 1 amide bonds. The summed E-state index contributed by atoms with van der Waals surface area (Å²) in [5.41, 5.74) is 0.606. The fraction of sp³-hybridized carbons (Fsp3) is 0.583. The maximum absolute atomic E-state index is 12.5. The Morgan fingerprint density at radius 1 is 0.968 bits per heavy atom. The zero-order chi connectivity index (χ0) is 22.0. The monoisotopic (exact) mass is 429 g/mol. The molecule has 168 valence electrons. The van der Waals surface area contributed by atoms with Crippen LogP contribution in [0.1, 0.15) is 44.1 Å². The molecule has 0 radical (unpaired) electrons. The second kappa shape index (κ2) is 8.81. The number of benzene rings is 1. The van der Waals surface area contributed by atoms with Crippen molar-refractivity contribution in [3.05, 3.63) is 23.8 Å². The van der Waals surface area contributed by atoms with E-state index in [4.69, 9.17) is 18.9 Å². The molecule has 31 heavy (non-hydrogen) atoms. The molecule has 1 aromatic rings. The Balaban J connectivity index is 1.31. The number of nitrogens with one attached hydrogen (secondary N) is 1. The number of methoxy groups -OCH3 is 3. The highest BCUT2D eigenvalue weighted by Gasteiger charge is 2.51. The molecule has 7 nitrogen and oxygen atoms in total. The smallest absolute Gasteiger partial charge is 0.331 e. The third-order valence-corrected chi connectivity index (χ3v) is 6.89. The third-order valence-electron chi connectivity index (χ3n) is 6.89. The molecule has 4 aliphatic carbocycles. The molecule has 4 fully saturated rings. The molecule has 1 aromatic carbocycles. The van der Waals surface area contributed by atoms with Crippen molar-refractivity contribution in [1.82, 2.24) is 5.32 Å². The van der Waals surface area contributed by atoms with Crippen molar-refractivity contribution in [3.63, 3.8) is 0 Å². The van der Waals surface area contributed by atoms with E-state index in [0.29, 0.717) is 22.8 Å². The van der Waals surface area contributed by atoms with E-state index in [1.165, 1.54) is 46.7 Å². The molecule has 0 atom stereocenters. The van der Waals surface area contributed by atoms with Crippen molar-refractivity contribution >= 4 is 18.0 Å². The van der Waals surface area contributed by atoms with Crippen LogP contribution in [-0.4, -0.2) is 45.4 Å². The van der Waals surface area contributed by atoms with Crippen LogP contribution in [-0.2, 0) is 14.3 Å². The van der Waals surface area contributed by atoms with Crippen LogP contribution in [0.4, 0.5) is 0 Å². The average Bonchev–Trinajstić information content (AvgIpc) is 2.74. The molecule has 4 bridgehead atoms. The minimum atomic E-state index is -0.575. The van der Waals surface area contributed by atoms with Crippen LogP contribution >= 0.6 is 0 Å². The number of hydrogen-bond acceptors (Lipinski definition) is 6. The molecule has 0 aliphatic heterocycles. The molecule has 0 heterocycles. The molecule has 0 aromatic heterocycles. The van der Waals surface area contributed by atoms with Crippen molar-refractivity contribution in [3.8, 4) is 17.2 Å². The first-order valence-electron chi connectivity index (χ1n) is 10.9. The molecular weight excluding hydrogens is 398 g/mol. The van der Waals surface area contributed by atoms with Crippen LogP contribution in [0.15, 0.2) is 18.2 Å². The van der Waals surface area contributed by atoms with Crippen LogP contribution in [0.25, 0.3) is 6.08 Å². The molecule has 4 saturated carbocycles. The fourth-order valence-electron chi connectivity index (χ4n) is 6.14. The molecule has 4 aliphatic rings. The van der Waals surface area contributed by atoms with Crippen molar-refractivity contribution < 1.29 is 28.5 Å². The number of ether oxygens (including phenoxy) is 4. The number of carbonyl (C=O) groups excluding carboxylic acids is 2. The minimum absolute atomic E-state index is 0.0791. The minimum Gasteiger partial charge on any atom is -0.493 e.